The van der Waals surface area contributed by atoms with Crippen molar-refractivity contribution in [3.63, 3.8) is 0 Å². The van der Waals surface area contributed by atoms with E-state index in [-0.39, 0.29) is 12.5 Å². The average Bonchev–Trinajstić information content (AvgIpc) is 3.14. The maximum atomic E-state index is 12.3. The summed E-state index contributed by atoms with van der Waals surface area (Å²) in [5, 5.41) is 8.31. The first-order chi connectivity index (χ1) is 13.5. The van der Waals surface area contributed by atoms with Crippen molar-refractivity contribution in [2.75, 3.05) is 5.32 Å². The Morgan fingerprint density at radius 2 is 1.82 bits per heavy atom. The molecule has 0 bridgehead atoms. The van der Waals surface area contributed by atoms with Crippen LogP contribution in [0, 0.1) is 6.92 Å². The number of nitrogens with one attached hydrogen (secondary N) is 2. The van der Waals surface area contributed by atoms with Crippen molar-refractivity contribution >= 4 is 29.0 Å². The van der Waals surface area contributed by atoms with Crippen LogP contribution in [0.4, 0.5) is 10.5 Å². The molecule has 144 valence electrons. The summed E-state index contributed by atoms with van der Waals surface area (Å²) in [6.45, 7) is 3.71. The lowest BCUT2D eigenvalue weighted by molar-refractivity contribution is -0.117. The minimum absolute atomic E-state index is 0.151. The third kappa shape index (κ3) is 5.40. The van der Waals surface area contributed by atoms with Crippen molar-refractivity contribution in [2.45, 2.75) is 26.5 Å². The summed E-state index contributed by atoms with van der Waals surface area (Å²) in [6.07, 6.45) is -0.638. The molecule has 0 radical (unpaired) electrons. The Balaban J connectivity index is 1.48. The Bertz CT molecular complexity index is 939. The van der Waals surface area contributed by atoms with E-state index in [0.29, 0.717) is 5.69 Å². The number of hydrogen-bond donors (Lipinski definition) is 2. The summed E-state index contributed by atoms with van der Waals surface area (Å²) in [5.41, 5.74) is 3.42. The molecule has 28 heavy (non-hydrogen) atoms. The lowest BCUT2D eigenvalue weighted by Gasteiger charge is -2.14. The normalized spacial score (nSPS) is 11.5. The quantitative estimate of drug-likeness (QED) is 0.649. The van der Waals surface area contributed by atoms with Gasteiger partial charge in [0, 0.05) is 16.6 Å². The number of amides is 2. The van der Waals surface area contributed by atoms with Crippen LogP contribution < -0.4 is 10.6 Å². The fraction of sp³-hybridized carbons (Fsp3) is 0.190. The Labute approximate surface area is 167 Å². The van der Waals surface area contributed by atoms with Crippen molar-refractivity contribution < 1.29 is 14.3 Å². The smallest absolute Gasteiger partial charge is 0.408 e. The molecule has 2 aromatic carbocycles. The second-order valence-electron chi connectivity index (χ2n) is 6.25. The molecule has 2 amide bonds. The van der Waals surface area contributed by atoms with E-state index in [4.69, 9.17) is 4.74 Å². The minimum atomic E-state index is -0.732. The number of nitrogens with zero attached hydrogens (tertiary/aromatic N) is 1. The van der Waals surface area contributed by atoms with E-state index in [2.05, 4.69) is 15.6 Å². The Hall–Kier alpha value is -3.19. The van der Waals surface area contributed by atoms with E-state index in [9.17, 15) is 9.59 Å². The first kappa shape index (κ1) is 19.6. The topological polar surface area (TPSA) is 80.3 Å². The molecule has 0 unspecified atom stereocenters. The highest BCUT2D eigenvalue weighted by Crippen LogP contribution is 2.23. The monoisotopic (exact) mass is 395 g/mol. The lowest BCUT2D eigenvalue weighted by atomic mass is 10.1. The Kier molecular flexibility index (Phi) is 6.39. The number of carbonyl (C=O) groups is 2. The Morgan fingerprint density at radius 3 is 2.46 bits per heavy atom. The van der Waals surface area contributed by atoms with Crippen LogP contribution in [-0.4, -0.2) is 23.0 Å². The molecule has 2 N–H and O–H groups in total. The maximum absolute atomic E-state index is 12.3. The van der Waals surface area contributed by atoms with E-state index >= 15 is 0 Å². The predicted molar refractivity (Wildman–Crippen MR) is 110 cm³/mol. The average molecular weight is 395 g/mol. The van der Waals surface area contributed by atoms with E-state index in [0.717, 1.165) is 21.8 Å². The molecule has 0 fully saturated rings. The van der Waals surface area contributed by atoms with Crippen LogP contribution in [0.3, 0.4) is 0 Å². The van der Waals surface area contributed by atoms with Crippen LogP contribution in [0.5, 0.6) is 0 Å². The molecule has 0 saturated carbocycles. The molecular weight excluding hydrogens is 374 g/mol. The van der Waals surface area contributed by atoms with Crippen LogP contribution >= 0.6 is 11.3 Å². The minimum Gasteiger partial charge on any atom is -0.445 e. The molecule has 1 aromatic heterocycles. The number of ether oxygens (including phenoxy) is 1. The fourth-order valence-corrected chi connectivity index (χ4v) is 3.10. The van der Waals surface area contributed by atoms with Gasteiger partial charge in [-0.3, -0.25) is 4.79 Å². The number of carbonyl (C=O) groups excluding carboxylic acids is 2. The van der Waals surface area contributed by atoms with E-state index in [1.165, 1.54) is 0 Å². The number of aryl methyl sites for hydroxylation is 1. The highest BCUT2D eigenvalue weighted by Gasteiger charge is 2.16. The standard InChI is InChI=1S/C21H21N3O3S/c1-14(22-21(26)27-12-16-6-4-3-5-7-16)20(25)24-18-10-8-17(9-11-18)19-13-28-15(2)23-19/h3-11,13-14H,12H2,1-2H3,(H,22,26)(H,24,25)/t14-/m0/s1. The van der Waals surface area contributed by atoms with Crippen molar-refractivity contribution in [3.8, 4) is 11.3 Å². The third-order valence-electron chi connectivity index (χ3n) is 4.01. The number of benzene rings is 2. The zero-order valence-corrected chi connectivity index (χ0v) is 16.5. The predicted octanol–water partition coefficient (Wildman–Crippen LogP) is 4.37. The first-order valence-electron chi connectivity index (χ1n) is 8.82. The van der Waals surface area contributed by atoms with Gasteiger partial charge in [-0.15, -0.1) is 11.3 Å². The highest BCUT2D eigenvalue weighted by atomic mass is 32.1. The van der Waals surface area contributed by atoms with E-state index in [1.54, 1.807) is 18.3 Å². The van der Waals surface area contributed by atoms with Gasteiger partial charge in [-0.1, -0.05) is 42.5 Å². The zero-order valence-electron chi connectivity index (χ0n) is 15.6. The van der Waals surface area contributed by atoms with Gasteiger partial charge >= 0.3 is 6.09 Å². The molecule has 1 heterocycles. The molecule has 0 aliphatic rings. The van der Waals surface area contributed by atoms with Crippen LogP contribution in [-0.2, 0) is 16.1 Å². The summed E-state index contributed by atoms with van der Waals surface area (Å²) in [6, 6.07) is 16.0. The first-order valence-corrected chi connectivity index (χ1v) is 9.70. The SMILES string of the molecule is Cc1nc(-c2ccc(NC(=O)[C@H](C)NC(=O)OCc3ccccc3)cc2)cs1. The molecule has 1 atom stereocenters. The second-order valence-corrected chi connectivity index (χ2v) is 7.31. The fourth-order valence-electron chi connectivity index (χ4n) is 2.48. The van der Waals surface area contributed by atoms with Gasteiger partial charge in [0.15, 0.2) is 0 Å². The molecule has 0 aliphatic heterocycles. The number of aromatic nitrogens is 1. The summed E-state index contributed by atoms with van der Waals surface area (Å²) < 4.78 is 5.13. The molecule has 3 aromatic rings. The van der Waals surface area contributed by atoms with E-state index < -0.39 is 12.1 Å². The second kappa shape index (κ2) is 9.14. The summed E-state index contributed by atoms with van der Waals surface area (Å²) in [4.78, 5) is 28.6. The summed E-state index contributed by atoms with van der Waals surface area (Å²) in [5.74, 6) is -0.325. The van der Waals surface area contributed by atoms with Gasteiger partial charge in [-0.05, 0) is 31.5 Å². The van der Waals surface area contributed by atoms with Gasteiger partial charge in [0.05, 0.1) is 10.7 Å². The van der Waals surface area contributed by atoms with Gasteiger partial charge in [0.2, 0.25) is 5.91 Å². The molecular formula is C21H21N3O3S. The number of rotatable bonds is 6. The molecule has 0 aliphatic carbocycles. The van der Waals surface area contributed by atoms with Gasteiger partial charge in [-0.25, -0.2) is 9.78 Å². The van der Waals surface area contributed by atoms with Crippen molar-refractivity contribution in [1.82, 2.24) is 10.3 Å². The largest absolute Gasteiger partial charge is 0.445 e. The van der Waals surface area contributed by atoms with Crippen molar-refractivity contribution in [3.05, 3.63) is 70.5 Å². The van der Waals surface area contributed by atoms with Crippen LogP contribution in [0.1, 0.15) is 17.5 Å². The number of anilines is 1. The van der Waals surface area contributed by atoms with Crippen LogP contribution in [0.2, 0.25) is 0 Å². The van der Waals surface area contributed by atoms with Gasteiger partial charge in [0.1, 0.15) is 12.6 Å². The maximum Gasteiger partial charge on any atom is 0.408 e. The van der Waals surface area contributed by atoms with Crippen molar-refractivity contribution in [1.29, 1.82) is 0 Å². The van der Waals surface area contributed by atoms with Gasteiger partial charge in [-0.2, -0.15) is 0 Å². The molecule has 0 spiro atoms. The van der Waals surface area contributed by atoms with Crippen LogP contribution in [0.25, 0.3) is 11.3 Å². The molecule has 3 rings (SSSR count). The van der Waals surface area contributed by atoms with Gasteiger partial charge in [0.25, 0.3) is 0 Å². The third-order valence-corrected chi connectivity index (χ3v) is 4.78. The lowest BCUT2D eigenvalue weighted by Crippen LogP contribution is -2.41. The molecule has 0 saturated heterocycles. The summed E-state index contributed by atoms with van der Waals surface area (Å²) in [7, 11) is 0. The molecule has 6 nitrogen and oxygen atoms in total. The highest BCUT2D eigenvalue weighted by molar-refractivity contribution is 7.09. The zero-order chi connectivity index (χ0) is 19.9. The van der Waals surface area contributed by atoms with Crippen LogP contribution in [0.15, 0.2) is 60.0 Å². The number of hydrogen-bond acceptors (Lipinski definition) is 5. The van der Waals surface area contributed by atoms with Crippen molar-refractivity contribution in [2.24, 2.45) is 0 Å². The number of thiazole rings is 1. The van der Waals surface area contributed by atoms with E-state index in [1.807, 2.05) is 66.9 Å². The molecule has 7 heteroatoms. The number of alkyl carbamates (subject to hydrolysis) is 1. The Morgan fingerprint density at radius 1 is 1.11 bits per heavy atom. The van der Waals surface area contributed by atoms with Gasteiger partial charge < -0.3 is 15.4 Å². The summed E-state index contributed by atoms with van der Waals surface area (Å²) >= 11 is 1.59.